The molecule has 33 heavy (non-hydrogen) atoms. The molecule has 1 aliphatic rings. The highest BCUT2D eigenvalue weighted by Gasteiger charge is 2.33. The molecule has 0 bridgehead atoms. The quantitative estimate of drug-likeness (QED) is 0.128. The van der Waals surface area contributed by atoms with Gasteiger partial charge in [0.1, 0.15) is 5.75 Å². The number of ether oxygens (including phenoxy) is 1. The number of rotatable bonds is 16. The summed E-state index contributed by atoms with van der Waals surface area (Å²) in [4.78, 5) is 12.1. The largest absolute Gasteiger partial charge is 0.611 e. The summed E-state index contributed by atoms with van der Waals surface area (Å²) in [7, 11) is 1.44. The third-order valence-corrected chi connectivity index (χ3v) is 8.38. The summed E-state index contributed by atoms with van der Waals surface area (Å²) < 4.78 is 17.0. The van der Waals surface area contributed by atoms with Crippen LogP contribution in [0.15, 0.2) is 41.3 Å². The summed E-state index contributed by atoms with van der Waals surface area (Å²) >= 11 is -0.880. The van der Waals surface area contributed by atoms with Crippen molar-refractivity contribution < 1.29 is 19.2 Å². The fourth-order valence-corrected chi connectivity index (χ4v) is 5.96. The lowest BCUT2D eigenvalue weighted by Crippen LogP contribution is -2.18. The van der Waals surface area contributed by atoms with Crippen molar-refractivity contribution in [3.63, 3.8) is 0 Å². The van der Waals surface area contributed by atoms with Gasteiger partial charge in [-0.3, -0.25) is 4.79 Å². The summed E-state index contributed by atoms with van der Waals surface area (Å²) in [6.45, 7) is 2.05. The van der Waals surface area contributed by atoms with Crippen molar-refractivity contribution in [3.05, 3.63) is 42.0 Å². The van der Waals surface area contributed by atoms with Gasteiger partial charge in [0, 0.05) is 6.42 Å². The lowest BCUT2D eigenvalue weighted by atomic mass is 9.87. The molecule has 0 aliphatic heterocycles. The van der Waals surface area contributed by atoms with Gasteiger partial charge in [-0.05, 0) is 99.9 Å². The molecule has 1 aromatic rings. The number of carbonyl (C=O) groups excluding carboxylic acids is 1. The Bertz CT molecular complexity index is 688. The van der Waals surface area contributed by atoms with E-state index in [9.17, 15) is 14.5 Å². The normalized spacial score (nSPS) is 21.5. The van der Waals surface area contributed by atoms with Gasteiger partial charge in [0.05, 0.1) is 13.2 Å². The standard InChI is InChI=1S/C28H44O4S/c1-23-16-19-25(20-17-23)33(31)22-12-8-4-3-5-9-13-24-18-21-27(29)26(24)14-10-6-7-11-15-28(30)32-2/h5,9,16-17,19-20,24,26-27,29H,3-4,6-8,10-15,18,21-22H2,1-2H3/b9-5+/t24-,26+,27-,33?/m0/s1. The molecular formula is C28H44O4S. The zero-order valence-electron chi connectivity index (χ0n) is 20.7. The molecule has 0 heterocycles. The van der Waals surface area contributed by atoms with Crippen LogP contribution in [0.4, 0.5) is 0 Å². The number of aliphatic hydroxyl groups excluding tert-OH is 1. The maximum absolute atomic E-state index is 12.3. The van der Waals surface area contributed by atoms with Crippen LogP contribution in [0.5, 0.6) is 0 Å². The Morgan fingerprint density at radius 1 is 1.06 bits per heavy atom. The smallest absolute Gasteiger partial charge is 0.305 e. The summed E-state index contributed by atoms with van der Waals surface area (Å²) in [5, 5.41) is 10.4. The Morgan fingerprint density at radius 3 is 2.55 bits per heavy atom. The van der Waals surface area contributed by atoms with E-state index in [0.717, 1.165) is 87.7 Å². The summed E-state index contributed by atoms with van der Waals surface area (Å²) in [5.41, 5.74) is 1.20. The van der Waals surface area contributed by atoms with Crippen LogP contribution in [0, 0.1) is 18.8 Å². The number of hydrogen-bond acceptors (Lipinski definition) is 4. The van der Waals surface area contributed by atoms with Crippen LogP contribution in [0.1, 0.15) is 89.0 Å². The number of allylic oxidation sites excluding steroid dienone is 2. The lowest BCUT2D eigenvalue weighted by Gasteiger charge is -2.21. The molecule has 0 saturated heterocycles. The van der Waals surface area contributed by atoms with E-state index in [1.54, 1.807) is 0 Å². The predicted octanol–water partition coefficient (Wildman–Crippen LogP) is 6.51. The van der Waals surface area contributed by atoms with Gasteiger partial charge in [-0.2, -0.15) is 0 Å². The van der Waals surface area contributed by atoms with Crippen LogP contribution >= 0.6 is 0 Å². The van der Waals surface area contributed by atoms with Crippen molar-refractivity contribution in [2.75, 3.05) is 12.9 Å². The Morgan fingerprint density at radius 2 is 1.79 bits per heavy atom. The number of methoxy groups -OCH3 is 1. The van der Waals surface area contributed by atoms with E-state index in [-0.39, 0.29) is 12.1 Å². The number of unbranched alkanes of at least 4 members (excludes halogenated alkanes) is 6. The molecule has 1 unspecified atom stereocenters. The molecule has 1 aromatic carbocycles. The molecular weight excluding hydrogens is 432 g/mol. The molecule has 4 atom stereocenters. The van der Waals surface area contributed by atoms with E-state index in [0.29, 0.717) is 18.3 Å². The van der Waals surface area contributed by atoms with Crippen molar-refractivity contribution in [1.29, 1.82) is 0 Å². The van der Waals surface area contributed by atoms with Gasteiger partial charge in [-0.15, -0.1) is 0 Å². The van der Waals surface area contributed by atoms with Crippen molar-refractivity contribution in [2.24, 2.45) is 11.8 Å². The second kappa shape index (κ2) is 16.3. The molecule has 1 fully saturated rings. The molecule has 0 spiro atoms. The monoisotopic (exact) mass is 476 g/mol. The molecule has 1 saturated carbocycles. The fourth-order valence-electron chi connectivity index (χ4n) is 4.82. The molecule has 2 rings (SSSR count). The predicted molar refractivity (Wildman–Crippen MR) is 137 cm³/mol. The van der Waals surface area contributed by atoms with Crippen molar-refractivity contribution >= 4 is 17.1 Å². The van der Waals surface area contributed by atoms with E-state index in [1.807, 2.05) is 31.2 Å². The van der Waals surface area contributed by atoms with Crippen molar-refractivity contribution in [3.8, 4) is 0 Å². The molecule has 4 nitrogen and oxygen atoms in total. The van der Waals surface area contributed by atoms with Gasteiger partial charge < -0.3 is 14.4 Å². The minimum absolute atomic E-state index is 0.120. The van der Waals surface area contributed by atoms with Crippen molar-refractivity contribution in [2.45, 2.75) is 101 Å². The minimum atomic E-state index is -0.880. The molecule has 186 valence electrons. The fraction of sp³-hybridized carbons (Fsp3) is 0.679. The Kier molecular flexibility index (Phi) is 13.8. The van der Waals surface area contributed by atoms with E-state index >= 15 is 0 Å². The first-order valence-corrected chi connectivity index (χ1v) is 14.2. The maximum Gasteiger partial charge on any atom is 0.305 e. The second-order valence-corrected chi connectivity index (χ2v) is 11.1. The first kappa shape index (κ1) is 27.9. The summed E-state index contributed by atoms with van der Waals surface area (Å²) in [5.74, 6) is 1.65. The third kappa shape index (κ3) is 11.1. The van der Waals surface area contributed by atoms with Crippen LogP contribution in [0.3, 0.4) is 0 Å². The first-order chi connectivity index (χ1) is 16.0. The number of esters is 1. The Hall–Kier alpha value is -1.30. The molecule has 0 radical (unpaired) electrons. The second-order valence-electron chi connectivity index (χ2n) is 9.52. The zero-order valence-corrected chi connectivity index (χ0v) is 21.5. The van der Waals surface area contributed by atoms with Gasteiger partial charge in [-0.25, -0.2) is 0 Å². The number of benzene rings is 1. The Labute approximate surface area is 204 Å². The summed E-state index contributed by atoms with van der Waals surface area (Å²) in [6.07, 6.45) is 17.8. The lowest BCUT2D eigenvalue weighted by molar-refractivity contribution is -0.140. The van der Waals surface area contributed by atoms with Crippen LogP contribution in [0.25, 0.3) is 0 Å². The van der Waals surface area contributed by atoms with Crippen LogP contribution in [-0.4, -0.2) is 34.6 Å². The number of aryl methyl sites for hydroxylation is 1. The van der Waals surface area contributed by atoms with Gasteiger partial charge in [0.25, 0.3) is 0 Å². The third-order valence-electron chi connectivity index (χ3n) is 6.92. The summed E-state index contributed by atoms with van der Waals surface area (Å²) in [6, 6.07) is 8.01. The number of carbonyl (C=O) groups is 1. The molecule has 0 amide bonds. The van der Waals surface area contributed by atoms with Crippen LogP contribution in [0.2, 0.25) is 0 Å². The average Bonchev–Trinajstić information content (AvgIpc) is 3.17. The number of aliphatic hydroxyl groups is 1. The first-order valence-electron chi connectivity index (χ1n) is 12.9. The zero-order chi connectivity index (χ0) is 23.9. The van der Waals surface area contributed by atoms with E-state index < -0.39 is 11.2 Å². The van der Waals surface area contributed by atoms with Gasteiger partial charge in [-0.1, -0.05) is 49.1 Å². The van der Waals surface area contributed by atoms with Crippen LogP contribution < -0.4 is 0 Å². The average molecular weight is 477 g/mol. The highest BCUT2D eigenvalue weighted by atomic mass is 32.2. The van der Waals surface area contributed by atoms with Gasteiger partial charge in [0.2, 0.25) is 0 Å². The minimum Gasteiger partial charge on any atom is -0.611 e. The molecule has 0 aromatic heterocycles. The van der Waals surface area contributed by atoms with Crippen molar-refractivity contribution in [1.82, 2.24) is 0 Å². The van der Waals surface area contributed by atoms with Gasteiger partial charge >= 0.3 is 5.97 Å². The highest BCUT2D eigenvalue weighted by molar-refractivity contribution is 7.91. The Balaban J connectivity index is 1.53. The maximum atomic E-state index is 12.3. The van der Waals surface area contributed by atoms with E-state index in [1.165, 1.54) is 12.7 Å². The number of hydrogen-bond donors (Lipinski definition) is 1. The topological polar surface area (TPSA) is 69.6 Å². The van der Waals surface area contributed by atoms with E-state index in [4.69, 9.17) is 0 Å². The van der Waals surface area contributed by atoms with Crippen LogP contribution in [-0.2, 0) is 20.7 Å². The SMILES string of the molecule is COC(=O)CCCCCC[C@@H]1[C@@H](C/C=C/CCCCC[S+]([O-])c2ccc(C)cc2)CC[C@@H]1O. The van der Waals surface area contributed by atoms with E-state index in [2.05, 4.69) is 16.9 Å². The molecule has 5 heteroatoms. The molecule has 1 N–H and O–H groups in total. The molecule has 1 aliphatic carbocycles. The highest BCUT2D eigenvalue weighted by Crippen LogP contribution is 2.38. The van der Waals surface area contributed by atoms with Gasteiger partial charge in [0.15, 0.2) is 4.90 Å².